The van der Waals surface area contributed by atoms with Crippen LogP contribution >= 0.6 is 23.2 Å². The number of nitrogens with one attached hydrogen (secondary N) is 1. The Morgan fingerprint density at radius 3 is 1.96 bits per heavy atom. The van der Waals surface area contributed by atoms with E-state index in [-0.39, 0.29) is 45.3 Å². The number of halogens is 2. The molecule has 240 valence electrons. The summed E-state index contributed by atoms with van der Waals surface area (Å²) < 4.78 is 28.9. The second-order valence-corrected chi connectivity index (χ2v) is 13.4. The van der Waals surface area contributed by atoms with Crippen molar-refractivity contribution in [3.8, 4) is 0 Å². The Morgan fingerprint density at radius 2 is 1.41 bits per heavy atom. The SMILES string of the molecule is CC(C)NC(=O)[C@H](Cc1ccccc1)N(Cc1c(Cl)cccc1Cl)C(=O)CN(c1ccc([N+](=O)[O-])cc1)S(=O)(=O)c1ccccc1. The summed E-state index contributed by atoms with van der Waals surface area (Å²) in [5, 5.41) is 14.7. The van der Waals surface area contributed by atoms with Crippen LogP contribution in [0, 0.1) is 10.1 Å². The molecule has 0 aliphatic rings. The Morgan fingerprint density at radius 1 is 0.848 bits per heavy atom. The second-order valence-electron chi connectivity index (χ2n) is 10.7. The molecule has 0 fully saturated rings. The van der Waals surface area contributed by atoms with Crippen LogP contribution in [0.2, 0.25) is 10.0 Å². The minimum absolute atomic E-state index is 0.0183. The van der Waals surface area contributed by atoms with Crippen LogP contribution in [0.5, 0.6) is 0 Å². The van der Waals surface area contributed by atoms with Gasteiger partial charge in [-0.3, -0.25) is 24.0 Å². The van der Waals surface area contributed by atoms with E-state index in [0.29, 0.717) is 5.56 Å². The van der Waals surface area contributed by atoms with Crippen molar-refractivity contribution in [2.45, 2.75) is 43.8 Å². The number of carbonyl (C=O) groups excluding carboxylic acids is 2. The van der Waals surface area contributed by atoms with Gasteiger partial charge >= 0.3 is 0 Å². The first kappa shape index (κ1) is 34.4. The Kier molecular flexibility index (Phi) is 11.4. The Labute approximate surface area is 277 Å². The Bertz CT molecular complexity index is 1770. The summed E-state index contributed by atoms with van der Waals surface area (Å²) in [6.45, 7) is 2.63. The van der Waals surface area contributed by atoms with Gasteiger partial charge in [0.05, 0.1) is 15.5 Å². The fraction of sp³-hybridized carbons (Fsp3) is 0.212. The fourth-order valence-electron chi connectivity index (χ4n) is 4.78. The van der Waals surface area contributed by atoms with E-state index in [9.17, 15) is 28.1 Å². The number of sulfonamides is 1. The number of anilines is 1. The van der Waals surface area contributed by atoms with Crippen LogP contribution in [0.1, 0.15) is 25.0 Å². The van der Waals surface area contributed by atoms with Crippen molar-refractivity contribution in [2.24, 2.45) is 0 Å². The number of hydrogen-bond acceptors (Lipinski definition) is 6. The fourth-order valence-corrected chi connectivity index (χ4v) is 6.73. The lowest BCUT2D eigenvalue weighted by atomic mass is 10.0. The van der Waals surface area contributed by atoms with Crippen LogP contribution in [0.4, 0.5) is 11.4 Å². The lowest BCUT2D eigenvalue weighted by Crippen LogP contribution is -2.54. The summed E-state index contributed by atoms with van der Waals surface area (Å²) in [5.74, 6) is -1.18. The normalized spacial score (nSPS) is 11.9. The maximum atomic E-state index is 14.5. The number of non-ortho nitro benzene ring substituents is 1. The molecule has 13 heteroatoms. The first-order valence-corrected chi connectivity index (χ1v) is 16.5. The first-order valence-electron chi connectivity index (χ1n) is 14.3. The van der Waals surface area contributed by atoms with Crippen molar-refractivity contribution in [2.75, 3.05) is 10.8 Å². The molecule has 1 atom stereocenters. The third-order valence-corrected chi connectivity index (χ3v) is 9.55. The number of nitro benzene ring substituents is 1. The minimum atomic E-state index is -4.37. The highest BCUT2D eigenvalue weighted by atomic mass is 35.5. The monoisotopic (exact) mass is 682 g/mol. The van der Waals surface area contributed by atoms with Crippen LogP contribution in [0.3, 0.4) is 0 Å². The lowest BCUT2D eigenvalue weighted by molar-refractivity contribution is -0.384. The largest absolute Gasteiger partial charge is 0.352 e. The molecule has 0 saturated carbocycles. The highest BCUT2D eigenvalue weighted by molar-refractivity contribution is 7.92. The van der Waals surface area contributed by atoms with E-state index in [1.54, 1.807) is 50.2 Å². The summed E-state index contributed by atoms with van der Waals surface area (Å²) in [6.07, 6.45) is 0.107. The molecule has 4 rings (SSSR count). The number of carbonyl (C=O) groups is 2. The molecular weight excluding hydrogens is 651 g/mol. The molecule has 0 spiro atoms. The van der Waals surface area contributed by atoms with Gasteiger partial charge < -0.3 is 10.2 Å². The van der Waals surface area contributed by atoms with Crippen LogP contribution in [0.25, 0.3) is 0 Å². The third kappa shape index (κ3) is 8.42. The van der Waals surface area contributed by atoms with Gasteiger partial charge in [0, 0.05) is 46.7 Å². The summed E-state index contributed by atoms with van der Waals surface area (Å²) in [5.41, 5.74) is 0.904. The van der Waals surface area contributed by atoms with Gasteiger partial charge in [0.15, 0.2) is 0 Å². The van der Waals surface area contributed by atoms with E-state index < -0.39 is 39.3 Å². The van der Waals surface area contributed by atoms with Crippen LogP contribution < -0.4 is 9.62 Å². The van der Waals surface area contributed by atoms with Crippen LogP contribution in [0.15, 0.2) is 108 Å². The number of nitrogens with zero attached hydrogens (tertiary/aromatic N) is 3. The summed E-state index contributed by atoms with van der Waals surface area (Å²) in [4.78, 5) is 40.1. The molecule has 46 heavy (non-hydrogen) atoms. The van der Waals surface area contributed by atoms with Crippen molar-refractivity contribution in [3.05, 3.63) is 134 Å². The second kappa shape index (κ2) is 15.2. The average Bonchev–Trinajstić information content (AvgIpc) is 3.03. The highest BCUT2D eigenvalue weighted by Crippen LogP contribution is 2.29. The average molecular weight is 684 g/mol. The molecule has 0 bridgehead atoms. The zero-order valence-corrected chi connectivity index (χ0v) is 27.4. The van der Waals surface area contributed by atoms with E-state index in [4.69, 9.17) is 23.2 Å². The summed E-state index contributed by atoms with van der Waals surface area (Å²) >= 11 is 13.0. The van der Waals surface area contributed by atoms with Crippen molar-refractivity contribution >= 4 is 56.4 Å². The van der Waals surface area contributed by atoms with E-state index >= 15 is 0 Å². The van der Waals surface area contributed by atoms with Crippen LogP contribution in [-0.4, -0.2) is 48.7 Å². The molecule has 4 aromatic rings. The molecule has 1 N–H and O–H groups in total. The zero-order chi connectivity index (χ0) is 33.4. The molecule has 0 saturated heterocycles. The van der Waals surface area contributed by atoms with E-state index in [1.807, 2.05) is 30.3 Å². The number of benzene rings is 4. The van der Waals surface area contributed by atoms with E-state index in [0.717, 1.165) is 22.0 Å². The highest BCUT2D eigenvalue weighted by Gasteiger charge is 2.35. The third-order valence-electron chi connectivity index (χ3n) is 7.05. The van der Waals surface area contributed by atoms with Crippen molar-refractivity contribution in [1.82, 2.24) is 10.2 Å². The zero-order valence-electron chi connectivity index (χ0n) is 25.0. The number of rotatable bonds is 13. The lowest BCUT2D eigenvalue weighted by Gasteiger charge is -2.34. The molecule has 4 aromatic carbocycles. The predicted octanol–water partition coefficient (Wildman–Crippen LogP) is 6.26. The summed E-state index contributed by atoms with van der Waals surface area (Å²) in [6, 6.07) is 24.9. The Balaban J connectivity index is 1.84. The van der Waals surface area contributed by atoms with Crippen molar-refractivity contribution < 1.29 is 22.9 Å². The van der Waals surface area contributed by atoms with E-state index in [2.05, 4.69) is 5.32 Å². The smallest absolute Gasteiger partial charge is 0.269 e. The van der Waals surface area contributed by atoms with Gasteiger partial charge in [-0.2, -0.15) is 0 Å². The van der Waals surface area contributed by atoms with Gasteiger partial charge in [0.2, 0.25) is 11.8 Å². The Hall–Kier alpha value is -4.45. The molecule has 2 amide bonds. The maximum absolute atomic E-state index is 14.5. The van der Waals surface area contributed by atoms with E-state index in [1.165, 1.54) is 29.2 Å². The quantitative estimate of drug-likeness (QED) is 0.131. The van der Waals surface area contributed by atoms with Gasteiger partial charge in [0.25, 0.3) is 15.7 Å². The standard InChI is InChI=1S/C33H32Cl2N4O6S/c1-23(2)36-33(41)31(20-24-10-5-3-6-11-24)37(21-28-29(34)14-9-15-30(28)35)32(40)22-38(25-16-18-26(19-17-25)39(42)43)46(44,45)27-12-7-4-8-13-27/h3-19,23,31H,20-22H2,1-2H3,(H,36,41)/t31-/m0/s1. The summed E-state index contributed by atoms with van der Waals surface area (Å²) in [7, 11) is -4.37. The van der Waals surface area contributed by atoms with Crippen molar-refractivity contribution in [1.29, 1.82) is 0 Å². The maximum Gasteiger partial charge on any atom is 0.269 e. The minimum Gasteiger partial charge on any atom is -0.352 e. The molecule has 0 aromatic heterocycles. The molecule has 0 unspecified atom stereocenters. The first-order chi connectivity index (χ1) is 21.9. The van der Waals surface area contributed by atoms with Gasteiger partial charge in [-0.1, -0.05) is 77.8 Å². The van der Waals surface area contributed by atoms with Gasteiger partial charge in [-0.25, -0.2) is 8.42 Å². The molecule has 0 heterocycles. The number of nitro groups is 1. The molecular formula is C33H32Cl2N4O6S. The van der Waals surface area contributed by atoms with Crippen LogP contribution in [-0.2, 0) is 32.6 Å². The molecule has 10 nitrogen and oxygen atoms in total. The molecule has 0 aliphatic heterocycles. The molecule has 0 aliphatic carbocycles. The number of hydrogen-bond donors (Lipinski definition) is 1. The van der Waals surface area contributed by atoms with Gasteiger partial charge in [0.1, 0.15) is 12.6 Å². The molecule has 0 radical (unpaired) electrons. The van der Waals surface area contributed by atoms with Crippen molar-refractivity contribution in [3.63, 3.8) is 0 Å². The topological polar surface area (TPSA) is 130 Å². The van der Waals surface area contributed by atoms with Gasteiger partial charge in [-0.15, -0.1) is 0 Å². The predicted molar refractivity (Wildman–Crippen MR) is 178 cm³/mol. The number of amides is 2. The van der Waals surface area contributed by atoms with Gasteiger partial charge in [-0.05, 0) is 55.8 Å².